The van der Waals surface area contributed by atoms with Crippen LogP contribution >= 0.6 is 0 Å². The number of hydrogen-bond acceptors (Lipinski definition) is 7. The molecule has 1 aliphatic rings. The third-order valence-electron chi connectivity index (χ3n) is 5.07. The van der Waals surface area contributed by atoms with Gasteiger partial charge in [0.25, 0.3) is 0 Å². The molecule has 3 heterocycles. The topological polar surface area (TPSA) is 75.5 Å². The molecule has 0 unspecified atom stereocenters. The van der Waals surface area contributed by atoms with E-state index in [1.807, 2.05) is 60.1 Å². The van der Waals surface area contributed by atoms with Crippen molar-refractivity contribution < 1.29 is 9.53 Å². The van der Waals surface area contributed by atoms with Crippen molar-refractivity contribution in [3.05, 3.63) is 42.7 Å². The van der Waals surface area contributed by atoms with Gasteiger partial charge in [-0.05, 0) is 37.3 Å². The Labute approximate surface area is 170 Å². The second-order valence-corrected chi connectivity index (χ2v) is 7.04. The standard InChI is InChI=1S/C21H26N6O2/c1-3-29-20(28)15-25(2)17-4-5-18-16(14-17)7-11-27(18)21-23-8-6-19(24-21)26-12-9-22-10-13-26/h4-8,11,14,22H,3,9-10,12-13,15H2,1-2H3. The maximum Gasteiger partial charge on any atom is 0.325 e. The molecular weight excluding hydrogens is 368 g/mol. The summed E-state index contributed by atoms with van der Waals surface area (Å²) in [5, 5.41) is 4.42. The maximum absolute atomic E-state index is 11.7. The molecule has 8 heteroatoms. The first-order valence-electron chi connectivity index (χ1n) is 9.92. The molecular formula is C21H26N6O2. The van der Waals surface area contributed by atoms with E-state index in [9.17, 15) is 4.79 Å². The van der Waals surface area contributed by atoms with Crippen LogP contribution in [-0.4, -0.2) is 66.9 Å². The first kappa shape index (κ1) is 19.2. The van der Waals surface area contributed by atoms with Crippen LogP contribution in [0, 0.1) is 0 Å². The number of aromatic nitrogens is 3. The van der Waals surface area contributed by atoms with Crippen molar-refractivity contribution in [3.8, 4) is 5.95 Å². The number of rotatable bonds is 6. The van der Waals surface area contributed by atoms with Crippen LogP contribution < -0.4 is 15.1 Å². The average molecular weight is 394 g/mol. The van der Waals surface area contributed by atoms with Gasteiger partial charge in [-0.2, -0.15) is 4.98 Å². The van der Waals surface area contributed by atoms with E-state index >= 15 is 0 Å². The maximum atomic E-state index is 11.7. The van der Waals surface area contributed by atoms with Crippen molar-refractivity contribution in [3.63, 3.8) is 0 Å². The molecule has 152 valence electrons. The number of likely N-dealkylation sites (N-methyl/N-ethyl adjacent to an activating group) is 1. The molecule has 1 aromatic carbocycles. The van der Waals surface area contributed by atoms with Gasteiger partial charge in [0.15, 0.2) is 0 Å². The monoisotopic (exact) mass is 394 g/mol. The molecule has 0 saturated carbocycles. The van der Waals surface area contributed by atoms with Crippen molar-refractivity contribution >= 4 is 28.4 Å². The fraction of sp³-hybridized carbons (Fsp3) is 0.381. The predicted octanol–water partition coefficient (Wildman–Crippen LogP) is 1.83. The molecule has 1 N–H and O–H groups in total. The van der Waals surface area contributed by atoms with E-state index in [1.165, 1.54) is 0 Å². The minimum atomic E-state index is -0.231. The quantitative estimate of drug-likeness (QED) is 0.639. The molecule has 29 heavy (non-hydrogen) atoms. The van der Waals surface area contributed by atoms with Gasteiger partial charge in [0, 0.05) is 56.7 Å². The van der Waals surface area contributed by atoms with Gasteiger partial charge in [-0.25, -0.2) is 4.98 Å². The van der Waals surface area contributed by atoms with Crippen molar-refractivity contribution in [1.29, 1.82) is 0 Å². The van der Waals surface area contributed by atoms with Crippen LogP contribution in [0.3, 0.4) is 0 Å². The van der Waals surface area contributed by atoms with Crippen LogP contribution in [0.4, 0.5) is 11.5 Å². The highest BCUT2D eigenvalue weighted by atomic mass is 16.5. The highest BCUT2D eigenvalue weighted by Gasteiger charge is 2.14. The summed E-state index contributed by atoms with van der Waals surface area (Å²) in [5.74, 6) is 1.37. The van der Waals surface area contributed by atoms with Crippen molar-refractivity contribution in [1.82, 2.24) is 19.9 Å². The lowest BCUT2D eigenvalue weighted by Gasteiger charge is -2.28. The first-order chi connectivity index (χ1) is 14.2. The summed E-state index contributed by atoms with van der Waals surface area (Å²) in [4.78, 5) is 25.2. The van der Waals surface area contributed by atoms with Gasteiger partial charge < -0.3 is 19.9 Å². The summed E-state index contributed by atoms with van der Waals surface area (Å²) in [6.07, 6.45) is 3.80. The molecule has 8 nitrogen and oxygen atoms in total. The van der Waals surface area contributed by atoms with Gasteiger partial charge in [0.2, 0.25) is 5.95 Å². The fourth-order valence-electron chi connectivity index (χ4n) is 3.56. The zero-order chi connectivity index (χ0) is 20.2. The largest absolute Gasteiger partial charge is 0.465 e. The number of anilines is 2. The van der Waals surface area contributed by atoms with Gasteiger partial charge in [-0.15, -0.1) is 0 Å². The molecule has 0 atom stereocenters. The number of nitrogens with zero attached hydrogens (tertiary/aromatic N) is 5. The highest BCUT2D eigenvalue weighted by Crippen LogP contribution is 2.25. The number of ether oxygens (including phenoxy) is 1. The summed E-state index contributed by atoms with van der Waals surface area (Å²) >= 11 is 0. The van der Waals surface area contributed by atoms with Crippen molar-refractivity contribution in [2.24, 2.45) is 0 Å². The van der Waals surface area contributed by atoms with Crippen LogP contribution in [0.5, 0.6) is 0 Å². The number of carbonyl (C=O) groups is 1. The fourth-order valence-corrected chi connectivity index (χ4v) is 3.56. The Balaban J connectivity index is 1.59. The van der Waals surface area contributed by atoms with Crippen LogP contribution in [0.2, 0.25) is 0 Å². The zero-order valence-corrected chi connectivity index (χ0v) is 16.8. The molecule has 2 aromatic heterocycles. The number of esters is 1. The molecule has 0 amide bonds. The Kier molecular flexibility index (Phi) is 5.62. The van der Waals surface area contributed by atoms with E-state index in [4.69, 9.17) is 9.72 Å². The van der Waals surface area contributed by atoms with E-state index in [-0.39, 0.29) is 12.5 Å². The smallest absolute Gasteiger partial charge is 0.325 e. The van der Waals surface area contributed by atoms with Crippen LogP contribution in [0.15, 0.2) is 42.7 Å². The van der Waals surface area contributed by atoms with E-state index < -0.39 is 0 Å². The average Bonchev–Trinajstić information content (AvgIpc) is 3.18. The normalized spacial score (nSPS) is 14.2. The molecule has 4 rings (SSSR count). The van der Waals surface area contributed by atoms with E-state index in [0.29, 0.717) is 12.6 Å². The van der Waals surface area contributed by atoms with Crippen molar-refractivity contribution in [2.75, 3.05) is 56.2 Å². The Morgan fingerprint density at radius 1 is 1.24 bits per heavy atom. The molecule has 1 fully saturated rings. The molecule has 3 aromatic rings. The third kappa shape index (κ3) is 4.17. The molecule has 0 aliphatic carbocycles. The van der Waals surface area contributed by atoms with Crippen molar-refractivity contribution in [2.45, 2.75) is 6.92 Å². The molecule has 1 aliphatic heterocycles. The summed E-state index contributed by atoms with van der Waals surface area (Å²) in [5.41, 5.74) is 1.98. The second kappa shape index (κ2) is 8.48. The van der Waals surface area contributed by atoms with Gasteiger partial charge in [-0.3, -0.25) is 9.36 Å². The van der Waals surface area contributed by atoms with Gasteiger partial charge in [-0.1, -0.05) is 0 Å². The highest BCUT2D eigenvalue weighted by molar-refractivity contribution is 5.86. The molecule has 0 spiro atoms. The summed E-state index contributed by atoms with van der Waals surface area (Å²) in [6, 6.07) is 10.1. The number of fused-ring (bicyclic) bond motifs is 1. The Morgan fingerprint density at radius 3 is 2.86 bits per heavy atom. The number of piperazine rings is 1. The number of carbonyl (C=O) groups excluding carboxylic acids is 1. The van der Waals surface area contributed by atoms with E-state index in [2.05, 4.69) is 21.3 Å². The zero-order valence-electron chi connectivity index (χ0n) is 16.8. The first-order valence-corrected chi connectivity index (χ1v) is 9.92. The predicted molar refractivity (Wildman–Crippen MR) is 114 cm³/mol. The minimum Gasteiger partial charge on any atom is -0.465 e. The molecule has 1 saturated heterocycles. The van der Waals surface area contributed by atoms with Crippen LogP contribution in [0.25, 0.3) is 16.9 Å². The second-order valence-electron chi connectivity index (χ2n) is 7.04. The minimum absolute atomic E-state index is 0.218. The Morgan fingerprint density at radius 2 is 2.07 bits per heavy atom. The van der Waals surface area contributed by atoms with Gasteiger partial charge >= 0.3 is 5.97 Å². The molecule has 0 radical (unpaired) electrons. The third-order valence-corrected chi connectivity index (χ3v) is 5.07. The Bertz CT molecular complexity index is 996. The number of hydrogen-bond donors (Lipinski definition) is 1. The lowest BCUT2D eigenvalue weighted by Crippen LogP contribution is -2.44. The summed E-state index contributed by atoms with van der Waals surface area (Å²) < 4.78 is 7.03. The number of benzene rings is 1. The van der Waals surface area contributed by atoms with Crippen LogP contribution in [-0.2, 0) is 9.53 Å². The van der Waals surface area contributed by atoms with E-state index in [0.717, 1.165) is 48.6 Å². The molecule has 0 bridgehead atoms. The summed E-state index contributed by atoms with van der Waals surface area (Å²) in [6.45, 7) is 6.24. The van der Waals surface area contributed by atoms with Gasteiger partial charge in [0.05, 0.1) is 12.1 Å². The van der Waals surface area contributed by atoms with Crippen LogP contribution in [0.1, 0.15) is 6.92 Å². The Hall–Kier alpha value is -3.13. The number of nitrogens with one attached hydrogen (secondary N) is 1. The lowest BCUT2D eigenvalue weighted by atomic mass is 10.2. The SMILES string of the molecule is CCOC(=O)CN(C)c1ccc2c(ccn2-c2nccc(N3CCNCC3)n2)c1. The van der Waals surface area contributed by atoms with Gasteiger partial charge in [0.1, 0.15) is 12.4 Å². The lowest BCUT2D eigenvalue weighted by molar-refractivity contribution is -0.141. The summed E-state index contributed by atoms with van der Waals surface area (Å²) in [7, 11) is 1.88. The van der Waals surface area contributed by atoms with E-state index in [1.54, 1.807) is 0 Å².